The summed E-state index contributed by atoms with van der Waals surface area (Å²) in [4.78, 5) is 51.6. The van der Waals surface area contributed by atoms with Crippen molar-refractivity contribution in [1.29, 1.82) is 0 Å². The van der Waals surface area contributed by atoms with Crippen molar-refractivity contribution in [2.24, 2.45) is 28.6 Å². The number of aliphatic hydroxyl groups is 1. The van der Waals surface area contributed by atoms with Crippen molar-refractivity contribution in [3.63, 3.8) is 0 Å². The van der Waals surface area contributed by atoms with E-state index in [1.807, 2.05) is 0 Å². The van der Waals surface area contributed by atoms with Gasteiger partial charge in [0.2, 0.25) is 5.60 Å². The predicted molar refractivity (Wildman–Crippen MR) is 144 cm³/mol. The zero-order valence-corrected chi connectivity index (χ0v) is 23.7. The van der Waals surface area contributed by atoms with Crippen LogP contribution < -0.4 is 0 Å². The molecule has 0 amide bonds. The van der Waals surface area contributed by atoms with Crippen molar-refractivity contribution in [1.82, 2.24) is 0 Å². The maximum atomic E-state index is 17.5. The Kier molecular flexibility index (Phi) is 7.12. The molecule has 4 aliphatic carbocycles. The monoisotopic (exact) mass is 570 g/mol. The van der Waals surface area contributed by atoms with E-state index >= 15 is 8.78 Å². The summed E-state index contributed by atoms with van der Waals surface area (Å²) in [6.45, 7) is 5.83. The van der Waals surface area contributed by atoms with Crippen LogP contribution in [0.2, 0.25) is 0 Å². The van der Waals surface area contributed by atoms with Gasteiger partial charge >= 0.3 is 11.9 Å². The Morgan fingerprint density at radius 3 is 2.44 bits per heavy atom. The highest BCUT2D eigenvalue weighted by atomic mass is 19.1. The smallest absolute Gasteiger partial charge is 0.351 e. The molecular weight excluding hydrogens is 534 g/mol. The van der Waals surface area contributed by atoms with E-state index in [4.69, 9.17) is 9.47 Å². The fraction of sp³-hybridized carbons (Fsp3) is 0.562. The number of hydrogen-bond donors (Lipinski definition) is 1. The first kappa shape index (κ1) is 29.3. The number of allylic oxidation sites excluding steroid dienone is 4. The number of ketones is 2. The first-order valence-electron chi connectivity index (χ1n) is 14.2. The summed E-state index contributed by atoms with van der Waals surface area (Å²) in [5, 5.41) is 11.6. The fourth-order valence-corrected chi connectivity index (χ4v) is 8.42. The van der Waals surface area contributed by atoms with Gasteiger partial charge < -0.3 is 14.6 Å². The quantitative estimate of drug-likeness (QED) is 0.391. The summed E-state index contributed by atoms with van der Waals surface area (Å²) in [6, 6.07) is 8.28. The molecule has 1 N–H and O–H groups in total. The van der Waals surface area contributed by atoms with Crippen molar-refractivity contribution in [3.05, 3.63) is 59.7 Å². The lowest BCUT2D eigenvalue weighted by atomic mass is 9.44. The molecule has 0 bridgehead atoms. The Hall–Kier alpha value is -3.20. The van der Waals surface area contributed by atoms with Gasteiger partial charge in [-0.2, -0.15) is 0 Å². The average molecular weight is 571 g/mol. The molecule has 3 saturated carbocycles. The molecule has 3 fully saturated rings. The zero-order chi connectivity index (χ0) is 30.0. The maximum absolute atomic E-state index is 17.5. The second kappa shape index (κ2) is 9.96. The van der Waals surface area contributed by atoms with E-state index in [2.05, 4.69) is 0 Å². The third kappa shape index (κ3) is 3.98. The highest BCUT2D eigenvalue weighted by molar-refractivity contribution is 6.01. The van der Waals surface area contributed by atoms with E-state index in [9.17, 15) is 24.3 Å². The Balaban J connectivity index is 1.55. The molecular formula is C32H36F2O7. The summed E-state index contributed by atoms with van der Waals surface area (Å²) in [5.41, 5.74) is -6.87. The number of halogens is 2. The van der Waals surface area contributed by atoms with Gasteiger partial charge in [-0.25, -0.2) is 13.6 Å². The SMILES string of the molecule is CCC(=O)O[C@]1(C(=O)OCC(=O)c2ccccc2)[C@H](C)CC2C3C[C@H](F)C4=CC(=O)C=C[C@]4(C)[C@@]3(F)[C@@H](O)C[C@@]21C. The third-order valence-electron chi connectivity index (χ3n) is 10.5. The molecule has 0 saturated heterocycles. The number of ether oxygens (including phenoxy) is 2. The Morgan fingerprint density at radius 2 is 1.78 bits per heavy atom. The number of rotatable bonds is 6. The summed E-state index contributed by atoms with van der Waals surface area (Å²) in [5.74, 6) is -4.95. The van der Waals surface area contributed by atoms with E-state index in [1.165, 1.54) is 19.1 Å². The number of hydrogen-bond acceptors (Lipinski definition) is 7. The minimum absolute atomic E-state index is 0.0000402. The molecule has 1 aromatic rings. The van der Waals surface area contributed by atoms with Gasteiger partial charge in [0.25, 0.3) is 0 Å². The lowest BCUT2D eigenvalue weighted by Crippen LogP contribution is -2.71. The topological polar surface area (TPSA) is 107 Å². The van der Waals surface area contributed by atoms with Gasteiger partial charge in [0.15, 0.2) is 23.8 Å². The second-order valence-corrected chi connectivity index (χ2v) is 12.4. The summed E-state index contributed by atoms with van der Waals surface area (Å²) in [6.07, 6.45) is -0.0995. The van der Waals surface area contributed by atoms with Crippen LogP contribution in [0.15, 0.2) is 54.1 Å². The van der Waals surface area contributed by atoms with Crippen LogP contribution in [0, 0.1) is 28.6 Å². The number of fused-ring (bicyclic) bond motifs is 5. The molecule has 0 aliphatic heterocycles. The second-order valence-electron chi connectivity index (χ2n) is 12.4. The van der Waals surface area contributed by atoms with Crippen LogP contribution in [0.25, 0.3) is 0 Å². The van der Waals surface area contributed by atoms with Gasteiger partial charge in [0.05, 0.1) is 6.10 Å². The van der Waals surface area contributed by atoms with Crippen LogP contribution in [0.5, 0.6) is 0 Å². The molecule has 41 heavy (non-hydrogen) atoms. The van der Waals surface area contributed by atoms with Crippen molar-refractivity contribution >= 4 is 23.5 Å². The first-order chi connectivity index (χ1) is 19.3. The van der Waals surface area contributed by atoms with Gasteiger partial charge in [0, 0.05) is 34.7 Å². The predicted octanol–water partition coefficient (Wildman–Crippen LogP) is 4.67. The number of esters is 2. The minimum Gasteiger partial charge on any atom is -0.454 e. The number of carbonyl (C=O) groups excluding carboxylic acids is 4. The van der Waals surface area contributed by atoms with Gasteiger partial charge in [-0.1, -0.05) is 57.2 Å². The van der Waals surface area contributed by atoms with Gasteiger partial charge in [-0.3, -0.25) is 14.4 Å². The van der Waals surface area contributed by atoms with Crippen LogP contribution in [0.3, 0.4) is 0 Å². The van der Waals surface area contributed by atoms with Crippen LogP contribution in [0.4, 0.5) is 8.78 Å². The Morgan fingerprint density at radius 1 is 1.10 bits per heavy atom. The number of alkyl halides is 2. The molecule has 2 unspecified atom stereocenters. The normalized spacial score (nSPS) is 41.0. The van der Waals surface area contributed by atoms with Gasteiger partial charge in [0.1, 0.15) is 6.17 Å². The number of Topliss-reactive ketones (excluding diaryl/α,β-unsaturated/α-hetero) is 1. The third-order valence-corrected chi connectivity index (χ3v) is 10.5. The molecule has 5 rings (SSSR count). The molecule has 7 nitrogen and oxygen atoms in total. The van der Waals surface area contributed by atoms with Gasteiger partial charge in [-0.15, -0.1) is 0 Å². The van der Waals surface area contributed by atoms with Crippen molar-refractivity contribution in [2.45, 2.75) is 76.9 Å². The van der Waals surface area contributed by atoms with Crippen molar-refractivity contribution in [3.8, 4) is 0 Å². The molecule has 0 aromatic heterocycles. The Bertz CT molecular complexity index is 1340. The summed E-state index contributed by atoms with van der Waals surface area (Å²) in [7, 11) is 0. The maximum Gasteiger partial charge on any atom is 0.351 e. The van der Waals surface area contributed by atoms with Crippen LogP contribution in [0.1, 0.15) is 63.7 Å². The van der Waals surface area contributed by atoms with E-state index < -0.39 is 82.2 Å². The summed E-state index contributed by atoms with van der Waals surface area (Å²) >= 11 is 0. The minimum atomic E-state index is -2.35. The average Bonchev–Trinajstić information content (AvgIpc) is 3.16. The van der Waals surface area contributed by atoms with E-state index in [1.54, 1.807) is 51.1 Å². The largest absolute Gasteiger partial charge is 0.454 e. The number of benzene rings is 1. The Labute approximate surface area is 238 Å². The highest BCUT2D eigenvalue weighted by Crippen LogP contribution is 2.71. The van der Waals surface area contributed by atoms with Crippen molar-refractivity contribution < 1.29 is 42.5 Å². The molecule has 220 valence electrons. The van der Waals surface area contributed by atoms with Gasteiger partial charge in [-0.05, 0) is 49.8 Å². The zero-order valence-electron chi connectivity index (χ0n) is 23.7. The van der Waals surface area contributed by atoms with Crippen LogP contribution in [-0.2, 0) is 23.9 Å². The lowest BCUT2D eigenvalue weighted by molar-refractivity contribution is -0.238. The molecule has 0 heterocycles. The molecule has 9 heteroatoms. The summed E-state index contributed by atoms with van der Waals surface area (Å²) < 4.78 is 44.7. The van der Waals surface area contributed by atoms with Crippen LogP contribution in [-0.4, -0.2) is 58.8 Å². The van der Waals surface area contributed by atoms with E-state index in [-0.39, 0.29) is 31.3 Å². The molecule has 9 atom stereocenters. The molecule has 0 spiro atoms. The van der Waals surface area contributed by atoms with Crippen LogP contribution >= 0.6 is 0 Å². The fourth-order valence-electron chi connectivity index (χ4n) is 8.42. The molecule has 1 aromatic carbocycles. The molecule has 4 aliphatic rings. The first-order valence-corrected chi connectivity index (χ1v) is 14.2. The number of aliphatic hydroxyl groups excluding tert-OH is 1. The standard InChI is InChI=1S/C32H36F2O7/c1-5-27(38)41-32(28(39)40-17-25(36)19-9-7-6-8-10-19)18(2)13-21-22-15-24(33)23-14-20(35)11-12-29(23,3)31(22,34)26(37)16-30(21,32)4/h6-12,14,18,21-22,24,26,37H,5,13,15-17H2,1-4H3/t18-,21?,22?,24+,26+,29+,30+,31+,32+/m1/s1. The van der Waals surface area contributed by atoms with E-state index in [0.717, 1.165) is 6.08 Å². The molecule has 0 radical (unpaired) electrons. The highest BCUT2D eigenvalue weighted by Gasteiger charge is 2.78. The van der Waals surface area contributed by atoms with E-state index in [0.29, 0.717) is 5.56 Å². The van der Waals surface area contributed by atoms with Crippen molar-refractivity contribution in [2.75, 3.05) is 6.61 Å². The lowest BCUT2D eigenvalue weighted by Gasteiger charge is -2.63. The number of carbonyl (C=O) groups is 4.